The standard InChI is InChI=1S/C21H16FN3O3S/c1-25-11-18(28-12-13-6-8-14(22)9-7-13)17(26)10-16(25)20(27)24-21-23-15-4-2-3-5-19(15)29-21/h2-11H,12H2,1H3,(H,23,24,27). The number of halogens is 1. The molecule has 0 aliphatic carbocycles. The first-order valence-corrected chi connectivity index (χ1v) is 9.56. The second-order valence-corrected chi connectivity index (χ2v) is 7.38. The molecule has 0 fully saturated rings. The van der Waals surface area contributed by atoms with Crippen molar-refractivity contribution in [2.24, 2.45) is 7.05 Å². The van der Waals surface area contributed by atoms with Gasteiger partial charge in [0.15, 0.2) is 10.9 Å². The van der Waals surface area contributed by atoms with Crippen molar-refractivity contribution in [2.75, 3.05) is 5.32 Å². The topological polar surface area (TPSA) is 73.2 Å². The quantitative estimate of drug-likeness (QED) is 0.541. The summed E-state index contributed by atoms with van der Waals surface area (Å²) in [7, 11) is 1.65. The number of pyridine rings is 1. The summed E-state index contributed by atoms with van der Waals surface area (Å²) in [4.78, 5) is 29.3. The molecule has 2 aromatic heterocycles. The first-order chi connectivity index (χ1) is 14.0. The van der Waals surface area contributed by atoms with Crippen molar-refractivity contribution >= 4 is 32.6 Å². The lowest BCUT2D eigenvalue weighted by molar-refractivity contribution is 0.101. The fourth-order valence-electron chi connectivity index (χ4n) is 2.77. The Morgan fingerprint density at radius 3 is 2.72 bits per heavy atom. The molecule has 2 heterocycles. The zero-order valence-corrected chi connectivity index (χ0v) is 16.2. The Hall–Kier alpha value is -3.52. The highest BCUT2D eigenvalue weighted by atomic mass is 32.1. The van der Waals surface area contributed by atoms with E-state index in [9.17, 15) is 14.0 Å². The number of rotatable bonds is 5. The number of carbonyl (C=O) groups is 1. The lowest BCUT2D eigenvalue weighted by Gasteiger charge is -2.11. The van der Waals surface area contributed by atoms with E-state index in [2.05, 4.69) is 10.3 Å². The maximum Gasteiger partial charge on any atom is 0.274 e. The molecule has 4 aromatic rings. The number of para-hydroxylation sites is 1. The fraction of sp³-hybridized carbons (Fsp3) is 0.0952. The van der Waals surface area contributed by atoms with Gasteiger partial charge in [0.2, 0.25) is 5.43 Å². The third kappa shape index (κ3) is 4.17. The van der Waals surface area contributed by atoms with Gasteiger partial charge >= 0.3 is 0 Å². The summed E-state index contributed by atoms with van der Waals surface area (Å²) < 4.78 is 21.0. The third-order valence-corrected chi connectivity index (χ3v) is 5.21. The zero-order valence-electron chi connectivity index (χ0n) is 15.4. The molecule has 6 nitrogen and oxygen atoms in total. The minimum absolute atomic E-state index is 0.105. The molecule has 0 spiro atoms. The number of benzene rings is 2. The van der Waals surface area contributed by atoms with Gasteiger partial charge in [-0.1, -0.05) is 35.6 Å². The Kier molecular flexibility index (Phi) is 5.09. The van der Waals surface area contributed by atoms with Crippen LogP contribution >= 0.6 is 11.3 Å². The molecule has 0 saturated carbocycles. The van der Waals surface area contributed by atoms with Crippen LogP contribution in [-0.2, 0) is 13.7 Å². The zero-order chi connectivity index (χ0) is 20.4. The van der Waals surface area contributed by atoms with Gasteiger partial charge in [-0.3, -0.25) is 14.9 Å². The number of carbonyl (C=O) groups excluding carboxylic acids is 1. The van der Waals surface area contributed by atoms with Gasteiger partial charge in [-0.25, -0.2) is 9.37 Å². The minimum Gasteiger partial charge on any atom is -0.483 e. The van der Waals surface area contributed by atoms with E-state index in [0.717, 1.165) is 15.8 Å². The Balaban J connectivity index is 1.50. The van der Waals surface area contributed by atoms with Crippen molar-refractivity contribution < 1.29 is 13.9 Å². The summed E-state index contributed by atoms with van der Waals surface area (Å²) >= 11 is 1.36. The molecule has 2 aromatic carbocycles. The molecule has 146 valence electrons. The van der Waals surface area contributed by atoms with Crippen LogP contribution in [0, 0.1) is 5.82 Å². The van der Waals surface area contributed by atoms with Crippen LogP contribution in [0.15, 0.2) is 65.6 Å². The van der Waals surface area contributed by atoms with Crippen LogP contribution in [0.3, 0.4) is 0 Å². The molecular weight excluding hydrogens is 393 g/mol. The van der Waals surface area contributed by atoms with E-state index in [1.807, 2.05) is 24.3 Å². The number of aryl methyl sites for hydroxylation is 1. The molecule has 4 rings (SSSR count). The Morgan fingerprint density at radius 2 is 1.97 bits per heavy atom. The molecule has 0 bridgehead atoms. The second kappa shape index (κ2) is 7.84. The van der Waals surface area contributed by atoms with Crippen molar-refractivity contribution in [1.82, 2.24) is 9.55 Å². The summed E-state index contributed by atoms with van der Waals surface area (Å²) in [6.45, 7) is 0.118. The Labute approximate surface area is 169 Å². The molecule has 1 N–H and O–H groups in total. The van der Waals surface area contributed by atoms with E-state index in [1.54, 1.807) is 19.2 Å². The van der Waals surface area contributed by atoms with Crippen LogP contribution in [0.2, 0.25) is 0 Å². The molecule has 0 aliphatic heterocycles. The van der Waals surface area contributed by atoms with Gasteiger partial charge in [-0.05, 0) is 29.8 Å². The van der Waals surface area contributed by atoms with E-state index in [-0.39, 0.29) is 23.9 Å². The highest BCUT2D eigenvalue weighted by molar-refractivity contribution is 7.22. The smallest absolute Gasteiger partial charge is 0.274 e. The Morgan fingerprint density at radius 1 is 1.21 bits per heavy atom. The summed E-state index contributed by atoms with van der Waals surface area (Å²) in [5, 5.41) is 3.19. The van der Waals surface area contributed by atoms with Crippen molar-refractivity contribution in [2.45, 2.75) is 6.61 Å². The van der Waals surface area contributed by atoms with Gasteiger partial charge in [0.1, 0.15) is 18.1 Å². The lowest BCUT2D eigenvalue weighted by atomic mass is 10.2. The molecule has 0 atom stereocenters. The SMILES string of the molecule is Cn1cc(OCc2ccc(F)cc2)c(=O)cc1C(=O)Nc1nc2ccccc2s1. The number of anilines is 1. The molecule has 1 amide bonds. The molecule has 8 heteroatoms. The van der Waals surface area contributed by atoms with E-state index in [0.29, 0.717) is 5.13 Å². The largest absolute Gasteiger partial charge is 0.483 e. The van der Waals surface area contributed by atoms with E-state index < -0.39 is 11.3 Å². The van der Waals surface area contributed by atoms with Crippen LogP contribution in [0.5, 0.6) is 5.75 Å². The normalized spacial score (nSPS) is 10.8. The first-order valence-electron chi connectivity index (χ1n) is 8.74. The number of hydrogen-bond donors (Lipinski definition) is 1. The number of ether oxygens (including phenoxy) is 1. The number of hydrogen-bond acceptors (Lipinski definition) is 5. The van der Waals surface area contributed by atoms with Gasteiger partial charge in [-0.2, -0.15) is 0 Å². The van der Waals surface area contributed by atoms with Gasteiger partial charge in [-0.15, -0.1) is 0 Å². The van der Waals surface area contributed by atoms with Crippen LogP contribution in [0.25, 0.3) is 10.2 Å². The van der Waals surface area contributed by atoms with Crippen LogP contribution < -0.4 is 15.5 Å². The average Bonchev–Trinajstić information content (AvgIpc) is 3.11. The maximum atomic E-state index is 13.0. The number of amides is 1. The van der Waals surface area contributed by atoms with Crippen molar-refractivity contribution in [3.63, 3.8) is 0 Å². The average molecular weight is 409 g/mol. The van der Waals surface area contributed by atoms with E-state index >= 15 is 0 Å². The van der Waals surface area contributed by atoms with Crippen molar-refractivity contribution in [3.05, 3.63) is 88.1 Å². The van der Waals surface area contributed by atoms with Crippen LogP contribution in [0.1, 0.15) is 16.1 Å². The predicted octanol–water partition coefficient (Wildman–Crippen LogP) is 3.97. The lowest BCUT2D eigenvalue weighted by Crippen LogP contribution is -2.21. The third-order valence-electron chi connectivity index (χ3n) is 4.26. The number of nitrogens with one attached hydrogen (secondary N) is 1. The highest BCUT2D eigenvalue weighted by Crippen LogP contribution is 2.25. The summed E-state index contributed by atoms with van der Waals surface area (Å²) in [6, 6.07) is 14.6. The Bertz CT molecular complexity index is 1220. The number of aromatic nitrogens is 2. The van der Waals surface area contributed by atoms with E-state index in [1.165, 1.54) is 40.3 Å². The summed E-state index contributed by atoms with van der Waals surface area (Å²) in [6.07, 6.45) is 1.46. The molecule has 0 aliphatic rings. The van der Waals surface area contributed by atoms with Crippen LogP contribution in [0.4, 0.5) is 9.52 Å². The van der Waals surface area contributed by atoms with Gasteiger partial charge < -0.3 is 9.30 Å². The van der Waals surface area contributed by atoms with Crippen molar-refractivity contribution in [1.29, 1.82) is 0 Å². The molecular formula is C21H16FN3O3S. The van der Waals surface area contributed by atoms with Crippen molar-refractivity contribution in [3.8, 4) is 5.75 Å². The van der Waals surface area contributed by atoms with Gasteiger partial charge in [0, 0.05) is 13.1 Å². The van der Waals surface area contributed by atoms with Gasteiger partial charge in [0.25, 0.3) is 5.91 Å². The first kappa shape index (κ1) is 18.8. The molecule has 29 heavy (non-hydrogen) atoms. The number of thiazole rings is 1. The number of fused-ring (bicyclic) bond motifs is 1. The molecule has 0 unspecified atom stereocenters. The second-order valence-electron chi connectivity index (χ2n) is 6.35. The number of nitrogens with zero attached hydrogens (tertiary/aromatic N) is 2. The highest BCUT2D eigenvalue weighted by Gasteiger charge is 2.15. The van der Waals surface area contributed by atoms with Crippen LogP contribution in [-0.4, -0.2) is 15.5 Å². The minimum atomic E-state index is -0.436. The summed E-state index contributed by atoms with van der Waals surface area (Å²) in [5.74, 6) is -0.671. The molecule has 0 radical (unpaired) electrons. The summed E-state index contributed by atoms with van der Waals surface area (Å²) in [5.41, 5.74) is 1.29. The van der Waals surface area contributed by atoms with Gasteiger partial charge in [0.05, 0.1) is 16.4 Å². The fourth-order valence-corrected chi connectivity index (χ4v) is 3.63. The predicted molar refractivity (Wildman–Crippen MR) is 110 cm³/mol. The maximum absolute atomic E-state index is 13.0. The monoisotopic (exact) mass is 409 g/mol. The molecule has 0 saturated heterocycles. The van der Waals surface area contributed by atoms with E-state index in [4.69, 9.17) is 4.74 Å².